The minimum atomic E-state index is -3.55. The molecule has 74 valence electrons. The second kappa shape index (κ2) is 3.09. The van der Waals surface area contributed by atoms with E-state index in [1.54, 1.807) is 29.2 Å². The van der Waals surface area contributed by atoms with Crippen molar-refractivity contribution >= 4 is 20.9 Å². The third kappa shape index (κ3) is 1.39. The summed E-state index contributed by atoms with van der Waals surface area (Å²) in [6, 6.07) is 6.54. The van der Waals surface area contributed by atoms with E-state index < -0.39 is 10.0 Å². The number of nitrogens with two attached hydrogens (primary N) is 1. The van der Waals surface area contributed by atoms with Crippen molar-refractivity contribution < 1.29 is 8.42 Å². The number of fused-ring (bicyclic) bond motifs is 1. The lowest BCUT2D eigenvalue weighted by Crippen LogP contribution is -2.30. The van der Waals surface area contributed by atoms with Gasteiger partial charge in [-0.3, -0.25) is 5.84 Å². The Morgan fingerprint density at radius 3 is 2.79 bits per heavy atom. The van der Waals surface area contributed by atoms with Crippen LogP contribution in [0.2, 0.25) is 0 Å². The van der Waals surface area contributed by atoms with Crippen LogP contribution >= 0.6 is 0 Å². The Balaban J connectivity index is 2.65. The second-order valence-electron chi connectivity index (χ2n) is 2.85. The highest BCUT2D eigenvalue weighted by molar-refractivity contribution is 7.89. The molecule has 0 aliphatic carbocycles. The third-order valence-corrected chi connectivity index (χ3v) is 3.18. The van der Waals surface area contributed by atoms with Crippen LogP contribution in [0.15, 0.2) is 35.4 Å². The molecule has 0 saturated heterocycles. The van der Waals surface area contributed by atoms with Crippen LogP contribution in [0.1, 0.15) is 0 Å². The molecule has 0 fully saturated rings. The molecule has 0 saturated carbocycles. The fraction of sp³-hybridized carbons (Fsp3) is 0. The van der Waals surface area contributed by atoms with Crippen molar-refractivity contribution in [3.05, 3.63) is 30.5 Å². The number of aromatic amines is 1. The van der Waals surface area contributed by atoms with Gasteiger partial charge in [-0.2, -0.15) is 4.83 Å². The Labute approximate surface area is 80.9 Å². The van der Waals surface area contributed by atoms with Crippen LogP contribution in [0.3, 0.4) is 0 Å². The maximum absolute atomic E-state index is 11.3. The molecule has 1 aromatic heterocycles. The van der Waals surface area contributed by atoms with Gasteiger partial charge in [0.2, 0.25) is 0 Å². The monoisotopic (exact) mass is 211 g/mol. The zero-order valence-corrected chi connectivity index (χ0v) is 8.01. The van der Waals surface area contributed by atoms with Crippen LogP contribution in [0.25, 0.3) is 10.9 Å². The zero-order valence-electron chi connectivity index (χ0n) is 7.19. The average molecular weight is 211 g/mol. The molecule has 0 aliphatic rings. The van der Waals surface area contributed by atoms with Gasteiger partial charge in [-0.25, -0.2) is 8.42 Å². The maximum atomic E-state index is 11.3. The molecule has 0 bridgehead atoms. The van der Waals surface area contributed by atoms with Crippen LogP contribution < -0.4 is 10.7 Å². The van der Waals surface area contributed by atoms with E-state index >= 15 is 0 Å². The van der Waals surface area contributed by atoms with Crippen LogP contribution in [0.5, 0.6) is 0 Å². The molecule has 0 aliphatic heterocycles. The second-order valence-corrected chi connectivity index (χ2v) is 4.56. The molecule has 1 aromatic carbocycles. The van der Waals surface area contributed by atoms with Gasteiger partial charge in [0, 0.05) is 17.1 Å². The lowest BCUT2D eigenvalue weighted by Gasteiger charge is -2.01. The highest BCUT2D eigenvalue weighted by Crippen LogP contribution is 2.17. The average Bonchev–Trinajstić information content (AvgIpc) is 2.64. The molecular formula is C8H9N3O2S. The van der Waals surface area contributed by atoms with Gasteiger partial charge >= 0.3 is 0 Å². The van der Waals surface area contributed by atoms with Crippen LogP contribution in [-0.2, 0) is 10.0 Å². The van der Waals surface area contributed by atoms with Crippen molar-refractivity contribution in [3.8, 4) is 0 Å². The van der Waals surface area contributed by atoms with E-state index in [4.69, 9.17) is 5.84 Å². The van der Waals surface area contributed by atoms with Crippen molar-refractivity contribution in [1.82, 2.24) is 9.82 Å². The van der Waals surface area contributed by atoms with E-state index in [-0.39, 0.29) is 4.90 Å². The Bertz CT molecular complexity index is 559. The number of rotatable bonds is 2. The van der Waals surface area contributed by atoms with Crippen molar-refractivity contribution in [2.24, 2.45) is 5.84 Å². The molecule has 14 heavy (non-hydrogen) atoms. The summed E-state index contributed by atoms with van der Waals surface area (Å²) in [5, 5.41) is 0.835. The Morgan fingerprint density at radius 2 is 2.07 bits per heavy atom. The summed E-state index contributed by atoms with van der Waals surface area (Å²) in [6.45, 7) is 0. The third-order valence-electron chi connectivity index (χ3n) is 1.99. The molecular weight excluding hydrogens is 202 g/mol. The number of hydrazine groups is 1. The fourth-order valence-electron chi connectivity index (χ4n) is 1.27. The van der Waals surface area contributed by atoms with Gasteiger partial charge in [0.15, 0.2) is 0 Å². The van der Waals surface area contributed by atoms with E-state index in [0.717, 1.165) is 10.9 Å². The standard InChI is InChI=1S/C8H9N3O2S/c9-11-14(12,13)7-1-2-8-6(5-7)3-4-10-8/h1-5,10-11H,9H2. The fourth-order valence-corrected chi connectivity index (χ4v) is 1.93. The van der Waals surface area contributed by atoms with Gasteiger partial charge in [0.1, 0.15) is 0 Å². The highest BCUT2D eigenvalue weighted by atomic mass is 32.2. The number of sulfonamides is 1. The molecule has 0 spiro atoms. The van der Waals surface area contributed by atoms with Gasteiger partial charge in [-0.05, 0) is 24.3 Å². The lowest BCUT2D eigenvalue weighted by molar-refractivity contribution is 0.584. The molecule has 5 nitrogen and oxygen atoms in total. The molecule has 0 amide bonds. The van der Waals surface area contributed by atoms with Gasteiger partial charge < -0.3 is 4.98 Å². The zero-order chi connectivity index (χ0) is 10.2. The number of H-pyrrole nitrogens is 1. The molecule has 2 rings (SSSR count). The van der Waals surface area contributed by atoms with E-state index in [9.17, 15) is 8.42 Å². The summed E-state index contributed by atoms with van der Waals surface area (Å²) in [5.74, 6) is 4.91. The van der Waals surface area contributed by atoms with Gasteiger partial charge in [0.05, 0.1) is 4.90 Å². The Hall–Kier alpha value is -1.37. The largest absolute Gasteiger partial charge is 0.361 e. The number of aromatic nitrogens is 1. The smallest absolute Gasteiger partial charge is 0.253 e. The summed E-state index contributed by atoms with van der Waals surface area (Å²) in [5.41, 5.74) is 0.890. The molecule has 0 unspecified atom stereocenters. The van der Waals surface area contributed by atoms with Crippen LogP contribution in [-0.4, -0.2) is 13.4 Å². The summed E-state index contributed by atoms with van der Waals surface area (Å²) in [4.78, 5) is 4.91. The number of benzene rings is 1. The molecule has 4 N–H and O–H groups in total. The molecule has 2 aromatic rings. The topological polar surface area (TPSA) is 88.0 Å². The summed E-state index contributed by atoms with van der Waals surface area (Å²) >= 11 is 0. The van der Waals surface area contributed by atoms with E-state index in [1.807, 2.05) is 0 Å². The van der Waals surface area contributed by atoms with E-state index in [2.05, 4.69) is 4.98 Å². The van der Waals surface area contributed by atoms with Crippen molar-refractivity contribution in [2.45, 2.75) is 4.90 Å². The lowest BCUT2D eigenvalue weighted by atomic mass is 10.2. The first-order chi connectivity index (χ1) is 6.63. The van der Waals surface area contributed by atoms with Crippen LogP contribution in [0, 0.1) is 0 Å². The van der Waals surface area contributed by atoms with Crippen molar-refractivity contribution in [3.63, 3.8) is 0 Å². The predicted molar refractivity (Wildman–Crippen MR) is 52.8 cm³/mol. The van der Waals surface area contributed by atoms with Gasteiger partial charge in [-0.1, -0.05) is 0 Å². The number of hydrogen-bond acceptors (Lipinski definition) is 3. The normalized spacial score (nSPS) is 12.1. The first kappa shape index (κ1) is 9.20. The van der Waals surface area contributed by atoms with Crippen molar-refractivity contribution in [1.29, 1.82) is 0 Å². The van der Waals surface area contributed by atoms with E-state index in [1.165, 1.54) is 6.07 Å². The van der Waals surface area contributed by atoms with Gasteiger partial charge in [0.25, 0.3) is 10.0 Å². The van der Waals surface area contributed by atoms with Crippen molar-refractivity contribution in [2.75, 3.05) is 0 Å². The quantitative estimate of drug-likeness (QED) is 0.493. The summed E-state index contributed by atoms with van der Waals surface area (Å²) < 4.78 is 22.6. The summed E-state index contributed by atoms with van der Waals surface area (Å²) in [7, 11) is -3.55. The molecule has 1 heterocycles. The Morgan fingerprint density at radius 1 is 1.29 bits per heavy atom. The predicted octanol–water partition coefficient (Wildman–Crippen LogP) is 0.320. The SMILES string of the molecule is NNS(=O)(=O)c1ccc2[nH]ccc2c1. The maximum Gasteiger partial charge on any atom is 0.253 e. The van der Waals surface area contributed by atoms with Crippen LogP contribution in [0.4, 0.5) is 0 Å². The summed E-state index contributed by atoms with van der Waals surface area (Å²) in [6.07, 6.45) is 1.75. The first-order valence-electron chi connectivity index (χ1n) is 3.93. The minimum absolute atomic E-state index is 0.159. The molecule has 0 radical (unpaired) electrons. The van der Waals surface area contributed by atoms with E-state index in [0.29, 0.717) is 0 Å². The number of hydrogen-bond donors (Lipinski definition) is 3. The van der Waals surface area contributed by atoms with Gasteiger partial charge in [-0.15, -0.1) is 0 Å². The first-order valence-corrected chi connectivity index (χ1v) is 5.41. The molecule has 0 atom stereocenters. The minimum Gasteiger partial charge on any atom is -0.361 e. The number of nitrogens with one attached hydrogen (secondary N) is 2. The molecule has 6 heteroatoms. The highest BCUT2D eigenvalue weighted by Gasteiger charge is 2.11. The Kier molecular flexibility index (Phi) is 2.03.